The van der Waals surface area contributed by atoms with Crippen molar-refractivity contribution in [2.45, 2.75) is 30.1 Å². The molecule has 2 aromatic heterocycles. The summed E-state index contributed by atoms with van der Waals surface area (Å²) in [6.07, 6.45) is 3.03. The second kappa shape index (κ2) is 7.89. The highest BCUT2D eigenvalue weighted by Gasteiger charge is 2.26. The van der Waals surface area contributed by atoms with Crippen LogP contribution in [0.3, 0.4) is 0 Å². The number of aromatic nitrogens is 2. The van der Waals surface area contributed by atoms with E-state index < -0.39 is 0 Å². The number of thioether (sulfide) groups is 1. The van der Waals surface area contributed by atoms with E-state index in [4.69, 9.17) is 0 Å². The van der Waals surface area contributed by atoms with Gasteiger partial charge in [-0.05, 0) is 24.3 Å². The molecule has 2 amide bonds. The van der Waals surface area contributed by atoms with Gasteiger partial charge in [-0.2, -0.15) is 0 Å². The largest absolute Gasteiger partial charge is 0.350 e. The van der Waals surface area contributed by atoms with Gasteiger partial charge in [-0.1, -0.05) is 35.6 Å². The van der Waals surface area contributed by atoms with Gasteiger partial charge in [-0.3, -0.25) is 9.59 Å². The highest BCUT2D eigenvalue weighted by Crippen LogP contribution is 2.29. The molecule has 3 rings (SSSR count). The molecule has 0 aromatic carbocycles. The van der Waals surface area contributed by atoms with Crippen molar-refractivity contribution < 1.29 is 9.59 Å². The fourth-order valence-corrected chi connectivity index (χ4v) is 4.20. The maximum absolute atomic E-state index is 11.8. The number of hydrogen-bond acceptors (Lipinski definition) is 7. The fraction of sp³-hybridized carbons (Fsp3) is 0.429. The molecule has 2 heterocycles. The van der Waals surface area contributed by atoms with Gasteiger partial charge in [0.1, 0.15) is 0 Å². The van der Waals surface area contributed by atoms with Crippen molar-refractivity contribution in [1.82, 2.24) is 15.5 Å². The van der Waals surface area contributed by atoms with E-state index in [-0.39, 0.29) is 23.5 Å². The van der Waals surface area contributed by atoms with Crippen LogP contribution in [-0.4, -0.2) is 27.8 Å². The zero-order valence-electron chi connectivity index (χ0n) is 12.3. The molecule has 1 aliphatic rings. The first-order chi connectivity index (χ1) is 11.2. The van der Waals surface area contributed by atoms with Gasteiger partial charge in [0.2, 0.25) is 16.9 Å². The molecule has 0 unspecified atom stereocenters. The molecule has 9 heteroatoms. The van der Waals surface area contributed by atoms with Crippen molar-refractivity contribution in [1.29, 1.82) is 0 Å². The zero-order chi connectivity index (χ0) is 16.1. The number of carbonyl (C=O) groups is 2. The Bertz CT molecular complexity index is 667. The van der Waals surface area contributed by atoms with E-state index in [0.29, 0.717) is 16.0 Å². The number of nitrogens with zero attached hydrogens (tertiary/aromatic N) is 2. The summed E-state index contributed by atoms with van der Waals surface area (Å²) >= 11 is 4.24. The van der Waals surface area contributed by atoms with Gasteiger partial charge in [0, 0.05) is 10.8 Å². The van der Waals surface area contributed by atoms with E-state index >= 15 is 0 Å². The van der Waals surface area contributed by atoms with Gasteiger partial charge in [0.05, 0.1) is 12.3 Å². The molecule has 1 fully saturated rings. The lowest BCUT2D eigenvalue weighted by Gasteiger charge is -2.23. The third-order valence-corrected chi connectivity index (χ3v) is 6.33. The molecule has 0 saturated heterocycles. The molecule has 122 valence electrons. The normalized spacial score (nSPS) is 14.3. The number of nitrogens with one attached hydrogen (secondary N) is 2. The molecule has 6 nitrogen and oxygen atoms in total. The average Bonchev–Trinajstić information content (AvgIpc) is 3.12. The number of carbonyl (C=O) groups excluding carboxylic acids is 2. The third-order valence-electron chi connectivity index (χ3n) is 3.48. The van der Waals surface area contributed by atoms with Crippen LogP contribution in [0.5, 0.6) is 0 Å². The number of rotatable bonds is 7. The van der Waals surface area contributed by atoms with Crippen molar-refractivity contribution in [3.05, 3.63) is 22.4 Å². The molecule has 0 radical (unpaired) electrons. The maximum atomic E-state index is 11.8. The molecule has 0 spiro atoms. The van der Waals surface area contributed by atoms with Gasteiger partial charge >= 0.3 is 0 Å². The van der Waals surface area contributed by atoms with Gasteiger partial charge < -0.3 is 10.6 Å². The number of thiophene rings is 1. The van der Waals surface area contributed by atoms with E-state index in [2.05, 4.69) is 20.8 Å². The Balaban J connectivity index is 1.39. The summed E-state index contributed by atoms with van der Waals surface area (Å²) < 4.78 is 0.681. The molecule has 0 atom stereocenters. The number of anilines is 1. The van der Waals surface area contributed by atoms with E-state index in [1.54, 1.807) is 11.3 Å². The second-order valence-corrected chi connectivity index (χ2v) is 8.37. The van der Waals surface area contributed by atoms with Crippen LogP contribution in [0.15, 0.2) is 21.9 Å². The lowest BCUT2D eigenvalue weighted by atomic mass is 9.85. The van der Waals surface area contributed by atoms with E-state index in [0.717, 1.165) is 24.1 Å². The highest BCUT2D eigenvalue weighted by molar-refractivity contribution is 8.01. The molecule has 1 aliphatic carbocycles. The molecular weight excluding hydrogens is 352 g/mol. The monoisotopic (exact) mass is 368 g/mol. The van der Waals surface area contributed by atoms with Crippen molar-refractivity contribution in [3.8, 4) is 0 Å². The molecule has 1 saturated carbocycles. The molecule has 0 bridgehead atoms. The van der Waals surface area contributed by atoms with Crippen LogP contribution in [0, 0.1) is 5.92 Å². The molecular formula is C14H16N4O2S3. The Morgan fingerprint density at radius 3 is 2.91 bits per heavy atom. The maximum Gasteiger partial charge on any atom is 0.230 e. The van der Waals surface area contributed by atoms with Crippen LogP contribution in [0.2, 0.25) is 0 Å². The second-order valence-electron chi connectivity index (χ2n) is 5.13. The van der Waals surface area contributed by atoms with Crippen molar-refractivity contribution in [3.63, 3.8) is 0 Å². The van der Waals surface area contributed by atoms with Crippen molar-refractivity contribution in [2.24, 2.45) is 5.92 Å². The number of amides is 2. The molecule has 2 N–H and O–H groups in total. The molecule has 2 aromatic rings. The summed E-state index contributed by atoms with van der Waals surface area (Å²) in [5.41, 5.74) is 0. The van der Waals surface area contributed by atoms with Crippen LogP contribution in [0.1, 0.15) is 24.1 Å². The summed E-state index contributed by atoms with van der Waals surface area (Å²) in [6, 6.07) is 3.95. The van der Waals surface area contributed by atoms with Gasteiger partial charge in [0.25, 0.3) is 0 Å². The Labute approximate surface area is 146 Å². The van der Waals surface area contributed by atoms with Crippen LogP contribution in [0.25, 0.3) is 0 Å². The van der Waals surface area contributed by atoms with Gasteiger partial charge in [-0.25, -0.2) is 0 Å². The first kappa shape index (κ1) is 16.4. The van der Waals surface area contributed by atoms with Gasteiger partial charge in [0.15, 0.2) is 4.34 Å². The van der Waals surface area contributed by atoms with Crippen LogP contribution < -0.4 is 10.6 Å². The van der Waals surface area contributed by atoms with Crippen molar-refractivity contribution >= 4 is 51.4 Å². The average molecular weight is 369 g/mol. The molecule has 23 heavy (non-hydrogen) atoms. The predicted molar refractivity (Wildman–Crippen MR) is 92.8 cm³/mol. The minimum atomic E-state index is -0.0429. The van der Waals surface area contributed by atoms with Crippen LogP contribution in [-0.2, 0) is 16.1 Å². The van der Waals surface area contributed by atoms with Gasteiger partial charge in [-0.15, -0.1) is 21.5 Å². The first-order valence-electron chi connectivity index (χ1n) is 7.27. The lowest BCUT2D eigenvalue weighted by molar-refractivity contribution is -0.122. The summed E-state index contributed by atoms with van der Waals surface area (Å²) in [7, 11) is 0. The highest BCUT2D eigenvalue weighted by atomic mass is 32.2. The summed E-state index contributed by atoms with van der Waals surface area (Å²) in [6.45, 7) is 0.551. The summed E-state index contributed by atoms with van der Waals surface area (Å²) in [5, 5.41) is 16.1. The van der Waals surface area contributed by atoms with E-state index in [1.807, 2.05) is 17.5 Å². The minimum Gasteiger partial charge on any atom is -0.350 e. The fourth-order valence-electron chi connectivity index (χ4n) is 1.97. The van der Waals surface area contributed by atoms with E-state index in [1.165, 1.54) is 23.1 Å². The third kappa shape index (κ3) is 4.76. The van der Waals surface area contributed by atoms with E-state index in [9.17, 15) is 9.59 Å². The Morgan fingerprint density at radius 2 is 2.22 bits per heavy atom. The SMILES string of the molecule is O=C(CSc1nnc(NC(=O)C2CCC2)s1)NCc1cccs1. The van der Waals surface area contributed by atoms with Crippen LogP contribution >= 0.6 is 34.4 Å². The smallest absolute Gasteiger partial charge is 0.230 e. The van der Waals surface area contributed by atoms with Crippen molar-refractivity contribution in [2.75, 3.05) is 11.1 Å². The predicted octanol–water partition coefficient (Wildman–Crippen LogP) is 2.75. The summed E-state index contributed by atoms with van der Waals surface area (Å²) in [4.78, 5) is 24.7. The minimum absolute atomic E-state index is 0.0256. The molecule has 0 aliphatic heterocycles. The zero-order valence-corrected chi connectivity index (χ0v) is 14.7. The first-order valence-corrected chi connectivity index (χ1v) is 9.95. The Kier molecular flexibility index (Phi) is 5.63. The Morgan fingerprint density at radius 1 is 1.35 bits per heavy atom. The Hall–Kier alpha value is -1.45. The summed E-state index contributed by atoms with van der Waals surface area (Å²) in [5.74, 6) is 0.394. The number of hydrogen-bond donors (Lipinski definition) is 2. The standard InChI is InChI=1S/C14H16N4O2S3/c19-11(15-7-10-5-2-6-21-10)8-22-14-18-17-13(23-14)16-12(20)9-3-1-4-9/h2,5-6,9H,1,3-4,7-8H2,(H,15,19)(H,16,17,20). The lowest BCUT2D eigenvalue weighted by Crippen LogP contribution is -2.27. The quantitative estimate of drug-likeness (QED) is 0.580. The van der Waals surface area contributed by atoms with Crippen LogP contribution in [0.4, 0.5) is 5.13 Å². The topological polar surface area (TPSA) is 84.0 Å².